The predicted octanol–water partition coefficient (Wildman–Crippen LogP) is 1.88. The van der Waals surface area contributed by atoms with Gasteiger partial charge in [-0.1, -0.05) is 0 Å². The summed E-state index contributed by atoms with van der Waals surface area (Å²) in [5.41, 5.74) is 0. The molecule has 2 rings (SSSR count). The van der Waals surface area contributed by atoms with Crippen molar-refractivity contribution < 1.29 is 9.47 Å². The van der Waals surface area contributed by atoms with Crippen LogP contribution in [-0.4, -0.2) is 38.4 Å². The molecule has 0 unspecified atom stereocenters. The summed E-state index contributed by atoms with van der Waals surface area (Å²) in [4.78, 5) is 12.2. The number of rotatable bonds is 6. The van der Waals surface area contributed by atoms with E-state index in [1.807, 2.05) is 20.8 Å². The van der Waals surface area contributed by atoms with Crippen LogP contribution in [0.25, 0.3) is 0 Å². The van der Waals surface area contributed by atoms with Crippen molar-refractivity contribution in [2.24, 2.45) is 0 Å². The van der Waals surface area contributed by atoms with E-state index < -0.39 is 0 Å². The Morgan fingerprint density at radius 1 is 1.25 bits per heavy atom. The Morgan fingerprint density at radius 2 is 2.00 bits per heavy atom. The van der Waals surface area contributed by atoms with E-state index in [1.54, 1.807) is 17.1 Å². The molecule has 0 aromatic carbocycles. The fourth-order valence-corrected chi connectivity index (χ4v) is 1.47. The van der Waals surface area contributed by atoms with Gasteiger partial charge in [-0.2, -0.15) is 15.1 Å². The Morgan fingerprint density at radius 3 is 2.60 bits per heavy atom. The van der Waals surface area contributed by atoms with E-state index >= 15 is 0 Å². The molecule has 0 fully saturated rings. The van der Waals surface area contributed by atoms with E-state index in [4.69, 9.17) is 9.47 Å². The minimum atomic E-state index is 0.163. The normalized spacial score (nSPS) is 10.7. The lowest BCUT2D eigenvalue weighted by atomic mass is 10.4. The van der Waals surface area contributed by atoms with Crippen LogP contribution in [0.4, 0.5) is 5.95 Å². The number of hydrogen-bond donors (Lipinski definition) is 1. The molecule has 0 radical (unpaired) electrons. The maximum Gasteiger partial charge on any atom is 0.330 e. The van der Waals surface area contributed by atoms with Crippen molar-refractivity contribution in [3.63, 3.8) is 0 Å². The van der Waals surface area contributed by atoms with Crippen molar-refractivity contribution in [1.82, 2.24) is 24.7 Å². The zero-order chi connectivity index (χ0) is 14.5. The first-order valence-electron chi connectivity index (χ1n) is 6.38. The van der Waals surface area contributed by atoms with Crippen LogP contribution in [0.1, 0.15) is 26.8 Å². The van der Waals surface area contributed by atoms with Gasteiger partial charge in [-0.05, 0) is 20.8 Å². The second kappa shape index (κ2) is 6.18. The molecule has 2 aromatic heterocycles. The van der Waals surface area contributed by atoms with Gasteiger partial charge in [0.15, 0.2) is 5.75 Å². The first kappa shape index (κ1) is 14.0. The molecule has 8 nitrogen and oxygen atoms in total. The van der Waals surface area contributed by atoms with E-state index in [-0.39, 0.29) is 18.1 Å². The maximum absolute atomic E-state index is 5.57. The molecule has 0 bridgehead atoms. The molecule has 8 heteroatoms. The summed E-state index contributed by atoms with van der Waals surface area (Å²) in [5, 5.41) is 7.18. The minimum absolute atomic E-state index is 0.163. The summed E-state index contributed by atoms with van der Waals surface area (Å²) in [5.74, 6) is 0.972. The summed E-state index contributed by atoms with van der Waals surface area (Å²) in [7, 11) is 1.49. The minimum Gasteiger partial charge on any atom is -0.467 e. The largest absolute Gasteiger partial charge is 0.467 e. The Bertz CT molecular complexity index is 569. The molecule has 0 amide bonds. The zero-order valence-corrected chi connectivity index (χ0v) is 12.0. The molecule has 0 atom stereocenters. The van der Waals surface area contributed by atoms with Crippen LogP contribution < -0.4 is 14.8 Å². The molecule has 0 spiro atoms. The first-order valence-corrected chi connectivity index (χ1v) is 6.38. The molecular formula is C12H18N6O2. The number of nitrogens with zero attached hydrogens (tertiary/aromatic N) is 5. The number of aromatic nitrogens is 5. The Balaban J connectivity index is 2.20. The van der Waals surface area contributed by atoms with E-state index in [9.17, 15) is 0 Å². The van der Waals surface area contributed by atoms with Gasteiger partial charge in [0.05, 0.1) is 19.5 Å². The van der Waals surface area contributed by atoms with Crippen LogP contribution in [0.2, 0.25) is 0 Å². The lowest BCUT2D eigenvalue weighted by molar-refractivity contribution is 0.360. The monoisotopic (exact) mass is 278 g/mol. The number of anilines is 1. The van der Waals surface area contributed by atoms with Gasteiger partial charge in [-0.3, -0.25) is 4.68 Å². The van der Waals surface area contributed by atoms with E-state index in [2.05, 4.69) is 25.4 Å². The quantitative estimate of drug-likeness (QED) is 0.863. The maximum atomic E-state index is 5.57. The lowest BCUT2D eigenvalue weighted by Crippen LogP contribution is -2.06. The highest BCUT2D eigenvalue weighted by Crippen LogP contribution is 2.20. The summed E-state index contributed by atoms with van der Waals surface area (Å²) >= 11 is 0. The van der Waals surface area contributed by atoms with Gasteiger partial charge in [-0.15, -0.1) is 4.98 Å². The van der Waals surface area contributed by atoms with Crippen LogP contribution in [0.5, 0.6) is 17.8 Å². The average molecular weight is 278 g/mol. The molecule has 0 aliphatic heterocycles. The number of nitrogens with one attached hydrogen (secondary N) is 1. The van der Waals surface area contributed by atoms with Gasteiger partial charge in [0, 0.05) is 12.6 Å². The fraction of sp³-hybridized carbons (Fsp3) is 0.500. The molecular weight excluding hydrogens is 260 g/mol. The third kappa shape index (κ3) is 3.34. The molecule has 1 N–H and O–H groups in total. The van der Waals surface area contributed by atoms with Gasteiger partial charge in [0.1, 0.15) is 0 Å². The molecule has 2 heterocycles. The average Bonchev–Trinajstić information content (AvgIpc) is 2.87. The highest BCUT2D eigenvalue weighted by molar-refractivity contribution is 5.28. The van der Waals surface area contributed by atoms with Gasteiger partial charge < -0.3 is 14.8 Å². The Kier molecular flexibility index (Phi) is 4.34. The summed E-state index contributed by atoms with van der Waals surface area (Å²) in [6, 6.07) is 0.621. The van der Waals surface area contributed by atoms with Crippen LogP contribution in [-0.2, 0) is 0 Å². The van der Waals surface area contributed by atoms with Crippen molar-refractivity contribution in [3.8, 4) is 17.8 Å². The topological polar surface area (TPSA) is 87.0 Å². The van der Waals surface area contributed by atoms with Crippen molar-refractivity contribution in [1.29, 1.82) is 0 Å². The summed E-state index contributed by atoms with van der Waals surface area (Å²) in [6.45, 7) is 6.71. The Hall–Kier alpha value is -2.38. The van der Waals surface area contributed by atoms with Crippen LogP contribution in [0, 0.1) is 0 Å². The third-order valence-electron chi connectivity index (χ3n) is 2.43. The number of methoxy groups -OCH3 is 1. The number of ether oxygens (including phenoxy) is 2. The highest BCUT2D eigenvalue weighted by atomic mass is 16.5. The van der Waals surface area contributed by atoms with Crippen LogP contribution >= 0.6 is 0 Å². The van der Waals surface area contributed by atoms with E-state index in [0.29, 0.717) is 18.2 Å². The third-order valence-corrected chi connectivity index (χ3v) is 2.43. The first-order chi connectivity index (χ1) is 9.62. The fourth-order valence-electron chi connectivity index (χ4n) is 1.47. The predicted molar refractivity (Wildman–Crippen MR) is 73.2 cm³/mol. The molecule has 20 heavy (non-hydrogen) atoms. The van der Waals surface area contributed by atoms with Gasteiger partial charge in [0.25, 0.3) is 0 Å². The van der Waals surface area contributed by atoms with Gasteiger partial charge >= 0.3 is 12.0 Å². The van der Waals surface area contributed by atoms with Crippen LogP contribution in [0.3, 0.4) is 0 Å². The molecule has 0 aliphatic rings. The highest BCUT2D eigenvalue weighted by Gasteiger charge is 2.10. The van der Waals surface area contributed by atoms with E-state index in [0.717, 1.165) is 0 Å². The molecule has 0 saturated heterocycles. The van der Waals surface area contributed by atoms with Crippen molar-refractivity contribution in [2.75, 3.05) is 19.0 Å². The van der Waals surface area contributed by atoms with Gasteiger partial charge in [-0.25, -0.2) is 0 Å². The lowest BCUT2D eigenvalue weighted by Gasteiger charge is -2.06. The molecule has 2 aromatic rings. The standard InChI is InChI=1S/C12H18N6O2/c1-5-13-10-15-11(19-4)17-12(16-10)20-9-6-14-18(7-9)8(2)3/h6-8H,5H2,1-4H3,(H,13,15,16,17). The Labute approximate surface area is 117 Å². The number of hydrogen-bond acceptors (Lipinski definition) is 7. The van der Waals surface area contributed by atoms with Crippen LogP contribution in [0.15, 0.2) is 12.4 Å². The molecule has 0 saturated carbocycles. The van der Waals surface area contributed by atoms with Crippen molar-refractivity contribution in [3.05, 3.63) is 12.4 Å². The second-order valence-corrected chi connectivity index (χ2v) is 4.31. The van der Waals surface area contributed by atoms with E-state index in [1.165, 1.54) is 7.11 Å². The zero-order valence-electron chi connectivity index (χ0n) is 12.0. The smallest absolute Gasteiger partial charge is 0.330 e. The van der Waals surface area contributed by atoms with Crippen molar-refractivity contribution >= 4 is 5.95 Å². The summed E-state index contributed by atoms with van der Waals surface area (Å²) < 4.78 is 12.4. The second-order valence-electron chi connectivity index (χ2n) is 4.31. The SMILES string of the molecule is CCNc1nc(OC)nc(Oc2cnn(C(C)C)c2)n1. The van der Waals surface area contributed by atoms with Gasteiger partial charge in [0.2, 0.25) is 5.95 Å². The molecule has 108 valence electrons. The molecule has 0 aliphatic carbocycles. The van der Waals surface area contributed by atoms with Crippen molar-refractivity contribution in [2.45, 2.75) is 26.8 Å². The summed E-state index contributed by atoms with van der Waals surface area (Å²) in [6.07, 6.45) is 3.40.